The number of benzene rings is 2. The monoisotopic (exact) mass is 502 g/mol. The highest BCUT2D eigenvalue weighted by molar-refractivity contribution is 7.58. The van der Waals surface area contributed by atoms with Crippen molar-refractivity contribution in [2.45, 2.75) is 6.92 Å². The van der Waals surface area contributed by atoms with Crippen LogP contribution in [0.2, 0.25) is 0 Å². The number of para-hydroxylation sites is 1. The zero-order valence-corrected chi connectivity index (χ0v) is 20.3. The molecule has 1 aliphatic rings. The minimum absolute atomic E-state index is 0.225. The van der Waals surface area contributed by atoms with E-state index in [9.17, 15) is 14.2 Å². The third kappa shape index (κ3) is 5.84. The van der Waals surface area contributed by atoms with Crippen LogP contribution < -0.4 is 14.9 Å². The van der Waals surface area contributed by atoms with E-state index in [-0.39, 0.29) is 12.0 Å². The molecule has 2 heterocycles. The zero-order chi connectivity index (χ0) is 24.8. The quantitative estimate of drug-likeness (QED) is 0.407. The number of nitrogens with one attached hydrogen (secondary N) is 3. The van der Waals surface area contributed by atoms with Crippen molar-refractivity contribution in [1.82, 2.24) is 19.5 Å². The van der Waals surface area contributed by atoms with Gasteiger partial charge in [0, 0.05) is 31.9 Å². The van der Waals surface area contributed by atoms with Crippen molar-refractivity contribution in [2.75, 3.05) is 50.3 Å². The van der Waals surface area contributed by atoms with Gasteiger partial charge in [0.2, 0.25) is 5.95 Å². The van der Waals surface area contributed by atoms with Crippen LogP contribution in [0.5, 0.6) is 5.75 Å². The van der Waals surface area contributed by atoms with Gasteiger partial charge in [0.15, 0.2) is 0 Å². The first-order chi connectivity index (χ1) is 16.9. The van der Waals surface area contributed by atoms with Gasteiger partial charge in [0.25, 0.3) is 0 Å². The predicted molar refractivity (Wildman–Crippen MR) is 131 cm³/mol. The molecule has 0 bridgehead atoms. The molecule has 3 aromatic rings. The molecule has 0 spiro atoms. The average molecular weight is 502 g/mol. The third-order valence-corrected chi connectivity index (χ3v) is 7.43. The van der Waals surface area contributed by atoms with E-state index in [2.05, 4.69) is 25.1 Å². The Morgan fingerprint density at radius 1 is 1.11 bits per heavy atom. The van der Waals surface area contributed by atoms with Crippen molar-refractivity contribution in [2.24, 2.45) is 0 Å². The smallest absolute Gasteiger partial charge is 0.419 e. The van der Waals surface area contributed by atoms with Gasteiger partial charge >= 0.3 is 19.9 Å². The Kier molecular flexibility index (Phi) is 7.42. The molecular formula is C22H27N6O6P. The van der Waals surface area contributed by atoms with Gasteiger partial charge in [-0.25, -0.2) is 23.8 Å². The predicted octanol–water partition coefficient (Wildman–Crippen LogP) is 4.11. The summed E-state index contributed by atoms with van der Waals surface area (Å²) in [6, 6.07) is 14.1. The molecule has 0 aliphatic carbocycles. The normalized spacial score (nSPS) is 15.8. The van der Waals surface area contributed by atoms with Gasteiger partial charge in [-0.15, -0.1) is 0 Å². The Balaban J connectivity index is 1.56. The van der Waals surface area contributed by atoms with Crippen LogP contribution in [0.15, 0.2) is 48.5 Å². The third-order valence-electron chi connectivity index (χ3n) is 5.28. The van der Waals surface area contributed by atoms with E-state index in [1.54, 1.807) is 59.0 Å². The van der Waals surface area contributed by atoms with Crippen LogP contribution in [0.25, 0.3) is 11.0 Å². The van der Waals surface area contributed by atoms with Crippen molar-refractivity contribution in [3.8, 4) is 5.75 Å². The maximum atomic E-state index is 14.2. The van der Waals surface area contributed by atoms with Crippen molar-refractivity contribution in [3.05, 3.63) is 48.5 Å². The van der Waals surface area contributed by atoms with Gasteiger partial charge in [-0.1, -0.05) is 18.2 Å². The summed E-state index contributed by atoms with van der Waals surface area (Å²) >= 11 is 0. The standard InChI is InChI=1S/C22H27N6O6P/c1-3-33-22(30)27-11-13-28(14-12-27)35(31,34-17-7-5-4-6-8-17)26-16-9-10-18-19(15-16)24-20(23-18)25-21(29)32-2/h4-10,15H,3,11-14H2,1-2H3,(H,26,31)(H2,23,24,25,29)/t35-/m0/s1. The van der Waals surface area contributed by atoms with E-state index in [1.165, 1.54) is 7.11 Å². The molecular weight excluding hydrogens is 475 g/mol. The van der Waals surface area contributed by atoms with E-state index in [1.807, 2.05) is 6.07 Å². The molecule has 12 nitrogen and oxygen atoms in total. The first kappa shape index (κ1) is 24.4. The van der Waals surface area contributed by atoms with Gasteiger partial charge in [-0.05, 0) is 37.3 Å². The summed E-state index contributed by atoms with van der Waals surface area (Å²) in [7, 11) is -2.37. The molecule has 2 aromatic carbocycles. The number of carbonyl (C=O) groups is 2. The summed E-state index contributed by atoms with van der Waals surface area (Å²) in [6.45, 7) is 3.41. The van der Waals surface area contributed by atoms with Crippen LogP contribution in [0.3, 0.4) is 0 Å². The van der Waals surface area contributed by atoms with Crippen molar-refractivity contribution in [3.63, 3.8) is 0 Å². The van der Waals surface area contributed by atoms with Crippen LogP contribution in [-0.2, 0) is 14.0 Å². The fourth-order valence-electron chi connectivity index (χ4n) is 3.58. The molecule has 0 radical (unpaired) electrons. The number of imidazole rings is 1. The molecule has 13 heteroatoms. The second-order valence-corrected chi connectivity index (χ2v) is 9.62. The Bertz CT molecular complexity index is 1230. The number of nitrogens with zero attached hydrogens (tertiary/aromatic N) is 3. The Hall–Kier alpha value is -3.76. The Labute approximate surface area is 202 Å². The molecule has 2 amide bonds. The van der Waals surface area contributed by atoms with Gasteiger partial charge in [-0.2, -0.15) is 0 Å². The molecule has 0 saturated carbocycles. The number of hydrogen-bond acceptors (Lipinski definition) is 7. The minimum atomic E-state index is -3.63. The van der Waals surface area contributed by atoms with E-state index in [4.69, 9.17) is 9.26 Å². The zero-order valence-electron chi connectivity index (χ0n) is 19.4. The summed E-state index contributed by atoms with van der Waals surface area (Å²) in [6.07, 6.45) is -1.04. The number of hydrogen-bond donors (Lipinski definition) is 3. The largest absolute Gasteiger partial charge is 0.453 e. The number of fused-ring (bicyclic) bond motifs is 1. The molecule has 1 aliphatic heterocycles. The lowest BCUT2D eigenvalue weighted by atomic mass is 10.3. The van der Waals surface area contributed by atoms with Gasteiger partial charge in [-0.3, -0.25) is 10.4 Å². The summed E-state index contributed by atoms with van der Waals surface area (Å²) in [5.41, 5.74) is 1.74. The lowest BCUT2D eigenvalue weighted by Gasteiger charge is -2.37. The van der Waals surface area contributed by atoms with Crippen molar-refractivity contribution >= 4 is 42.5 Å². The average Bonchev–Trinajstić information content (AvgIpc) is 3.26. The van der Waals surface area contributed by atoms with Crippen LogP contribution in [0, 0.1) is 0 Å². The summed E-state index contributed by atoms with van der Waals surface area (Å²) < 4.78 is 31.6. The number of aromatic nitrogens is 2. The van der Waals surface area contributed by atoms with Crippen LogP contribution in [0.4, 0.5) is 21.2 Å². The number of amides is 2. The second kappa shape index (κ2) is 10.7. The lowest BCUT2D eigenvalue weighted by molar-refractivity contribution is 0.0919. The molecule has 3 N–H and O–H groups in total. The second-order valence-electron chi connectivity index (χ2n) is 7.61. The van der Waals surface area contributed by atoms with Crippen LogP contribution in [-0.4, -0.2) is 71.6 Å². The number of ether oxygens (including phenoxy) is 2. The number of aromatic amines is 1. The summed E-state index contributed by atoms with van der Waals surface area (Å²) in [5.74, 6) is 0.672. The highest BCUT2D eigenvalue weighted by atomic mass is 31.2. The fourth-order valence-corrected chi connectivity index (χ4v) is 5.46. The molecule has 0 unspecified atom stereocenters. The Morgan fingerprint density at radius 3 is 2.54 bits per heavy atom. The summed E-state index contributed by atoms with van der Waals surface area (Å²) in [5, 5.41) is 5.54. The molecule has 1 aromatic heterocycles. The van der Waals surface area contributed by atoms with Crippen molar-refractivity contribution < 1.29 is 28.2 Å². The maximum absolute atomic E-state index is 14.2. The van der Waals surface area contributed by atoms with Crippen LogP contribution in [0.1, 0.15) is 6.92 Å². The highest BCUT2D eigenvalue weighted by Crippen LogP contribution is 2.51. The van der Waals surface area contributed by atoms with E-state index >= 15 is 0 Å². The lowest BCUT2D eigenvalue weighted by Crippen LogP contribution is -2.48. The molecule has 35 heavy (non-hydrogen) atoms. The SMILES string of the molecule is CCOC(=O)N1CCN([P@](=O)(Nc2ccc3nc(NC(=O)OC)[nH]c3c2)Oc2ccccc2)CC1. The highest BCUT2D eigenvalue weighted by Gasteiger charge is 2.37. The number of carbonyl (C=O) groups excluding carboxylic acids is 2. The first-order valence-corrected chi connectivity index (χ1v) is 12.6. The topological polar surface area (TPSA) is 138 Å². The van der Waals surface area contributed by atoms with Gasteiger partial charge in [0.05, 0.1) is 24.8 Å². The molecule has 4 rings (SSSR count). The number of H-pyrrole nitrogens is 1. The Morgan fingerprint density at radius 2 is 1.86 bits per heavy atom. The van der Waals surface area contributed by atoms with E-state index in [0.29, 0.717) is 55.3 Å². The van der Waals surface area contributed by atoms with Gasteiger partial charge < -0.3 is 23.9 Å². The summed E-state index contributed by atoms with van der Waals surface area (Å²) in [4.78, 5) is 32.4. The number of piperazine rings is 1. The maximum Gasteiger partial charge on any atom is 0.419 e. The number of methoxy groups -OCH3 is 1. The minimum Gasteiger partial charge on any atom is -0.453 e. The van der Waals surface area contributed by atoms with E-state index < -0.39 is 13.8 Å². The molecule has 1 saturated heterocycles. The fraction of sp³-hybridized carbons (Fsp3) is 0.318. The van der Waals surface area contributed by atoms with Crippen molar-refractivity contribution in [1.29, 1.82) is 0 Å². The molecule has 186 valence electrons. The number of anilines is 2. The van der Waals surface area contributed by atoms with E-state index in [0.717, 1.165) is 0 Å². The van der Waals surface area contributed by atoms with Gasteiger partial charge in [0.1, 0.15) is 5.75 Å². The molecule has 1 atom stereocenters. The number of rotatable bonds is 7. The first-order valence-electron chi connectivity index (χ1n) is 11.0. The molecule has 1 fully saturated rings. The van der Waals surface area contributed by atoms with Crippen LogP contribution >= 0.6 is 7.67 Å².